The highest BCUT2D eigenvalue weighted by Crippen LogP contribution is 2.38. The highest BCUT2D eigenvalue weighted by atomic mass is 16.5. The summed E-state index contributed by atoms with van der Waals surface area (Å²) < 4.78 is 7.10. The van der Waals surface area contributed by atoms with Crippen molar-refractivity contribution in [1.82, 2.24) is 9.58 Å². The van der Waals surface area contributed by atoms with E-state index >= 15 is 0 Å². The van der Waals surface area contributed by atoms with E-state index in [1.54, 1.807) is 18.1 Å². The van der Waals surface area contributed by atoms with Gasteiger partial charge in [0.05, 0.1) is 13.2 Å². The average molecular weight is 339 g/mol. The van der Waals surface area contributed by atoms with Gasteiger partial charge in [0.15, 0.2) is 11.4 Å². The van der Waals surface area contributed by atoms with Gasteiger partial charge in [-0.25, -0.2) is 0 Å². The zero-order chi connectivity index (χ0) is 17.6. The normalized spacial score (nSPS) is 22.4. The number of amides is 1. The smallest absolute Gasteiger partial charge is 0.277 e. The van der Waals surface area contributed by atoms with Gasteiger partial charge in [-0.2, -0.15) is 0 Å². The predicted octanol–water partition coefficient (Wildman–Crippen LogP) is 2.13. The molecule has 0 N–H and O–H groups in total. The molecule has 0 spiro atoms. The maximum Gasteiger partial charge on any atom is 0.277 e. The lowest BCUT2D eigenvalue weighted by atomic mass is 9.94. The van der Waals surface area contributed by atoms with Crippen molar-refractivity contribution >= 4 is 5.91 Å². The van der Waals surface area contributed by atoms with E-state index in [0.717, 1.165) is 19.3 Å². The molecule has 1 aromatic heterocycles. The lowest BCUT2D eigenvalue weighted by molar-refractivity contribution is 0.0552. The first-order valence-corrected chi connectivity index (χ1v) is 8.54. The second kappa shape index (κ2) is 5.95. The minimum Gasteiger partial charge on any atom is -0.491 e. The van der Waals surface area contributed by atoms with E-state index in [2.05, 4.69) is 17.1 Å². The van der Waals surface area contributed by atoms with Crippen molar-refractivity contribution in [3.05, 3.63) is 64.1 Å². The first-order chi connectivity index (χ1) is 12.1. The van der Waals surface area contributed by atoms with Crippen LogP contribution < -0.4 is 15.2 Å². The molecule has 3 heterocycles. The standard InChI is InChI=1S/C19H21N3O3/c1-20-16-10-6-9-14(13-7-4-3-5-8-13)22(16)21-12-11-15(23)18(25-2)17(21)19(20)24/h3-5,7-8,11-12,14,16H,6,9-10H2,1-2H3. The molecule has 2 aromatic rings. The molecule has 0 radical (unpaired) electrons. The molecular formula is C19H21N3O3. The largest absolute Gasteiger partial charge is 0.491 e. The van der Waals surface area contributed by atoms with Crippen LogP contribution in [0.3, 0.4) is 0 Å². The summed E-state index contributed by atoms with van der Waals surface area (Å²) >= 11 is 0. The summed E-state index contributed by atoms with van der Waals surface area (Å²) in [6, 6.07) is 11.9. The average Bonchev–Trinajstić information content (AvgIpc) is 2.66. The summed E-state index contributed by atoms with van der Waals surface area (Å²) in [7, 11) is 3.23. The number of fused-ring (bicyclic) bond motifs is 3. The van der Waals surface area contributed by atoms with Crippen LogP contribution in [0.4, 0.5) is 0 Å². The van der Waals surface area contributed by atoms with Gasteiger partial charge in [0, 0.05) is 19.3 Å². The molecule has 130 valence electrons. The Kier molecular flexibility index (Phi) is 3.75. The summed E-state index contributed by atoms with van der Waals surface area (Å²) in [4.78, 5) is 26.8. The number of benzene rings is 1. The van der Waals surface area contributed by atoms with Crippen molar-refractivity contribution < 1.29 is 9.53 Å². The number of nitrogens with zero attached hydrogens (tertiary/aromatic N) is 3. The predicted molar refractivity (Wildman–Crippen MR) is 94.4 cm³/mol. The van der Waals surface area contributed by atoms with Crippen LogP contribution in [0.1, 0.15) is 41.4 Å². The summed E-state index contributed by atoms with van der Waals surface area (Å²) in [5, 5.41) is 2.21. The van der Waals surface area contributed by atoms with E-state index in [4.69, 9.17) is 4.74 Å². The maximum absolute atomic E-state index is 12.9. The topological polar surface area (TPSA) is 54.8 Å². The van der Waals surface area contributed by atoms with Gasteiger partial charge in [-0.3, -0.25) is 19.3 Å². The third kappa shape index (κ3) is 2.32. The molecule has 6 heteroatoms. The number of carbonyl (C=O) groups excluding carboxylic acids is 1. The van der Waals surface area contributed by atoms with Crippen molar-refractivity contribution in [2.45, 2.75) is 31.5 Å². The number of rotatable bonds is 2. The van der Waals surface area contributed by atoms with E-state index in [9.17, 15) is 9.59 Å². The van der Waals surface area contributed by atoms with Gasteiger partial charge < -0.3 is 9.64 Å². The van der Waals surface area contributed by atoms with Crippen LogP contribution >= 0.6 is 0 Å². The molecule has 0 bridgehead atoms. The van der Waals surface area contributed by atoms with Crippen LogP contribution in [0.2, 0.25) is 0 Å². The number of carbonyl (C=O) groups is 1. The lowest BCUT2D eigenvalue weighted by Crippen LogP contribution is -2.62. The SMILES string of the molecule is COc1c2n(ccc1=O)N1C(c3ccccc3)CCCC1N(C)C2=O. The van der Waals surface area contributed by atoms with E-state index in [-0.39, 0.29) is 29.3 Å². The van der Waals surface area contributed by atoms with Gasteiger partial charge in [0.25, 0.3) is 5.91 Å². The molecule has 1 aromatic carbocycles. The Bertz CT molecular complexity index is 862. The second-order valence-corrected chi connectivity index (χ2v) is 6.54. The molecule has 25 heavy (non-hydrogen) atoms. The zero-order valence-electron chi connectivity index (χ0n) is 14.4. The van der Waals surface area contributed by atoms with Crippen LogP contribution in [-0.2, 0) is 0 Å². The van der Waals surface area contributed by atoms with E-state index in [0.29, 0.717) is 5.69 Å². The van der Waals surface area contributed by atoms with E-state index in [1.807, 2.05) is 22.9 Å². The number of ether oxygens (including phenoxy) is 1. The molecule has 1 amide bonds. The maximum atomic E-state index is 12.9. The van der Waals surface area contributed by atoms with Crippen molar-refractivity contribution in [3.63, 3.8) is 0 Å². The molecule has 1 saturated heterocycles. The Morgan fingerprint density at radius 1 is 1.08 bits per heavy atom. The third-order valence-corrected chi connectivity index (χ3v) is 5.21. The number of hydrogen-bond acceptors (Lipinski definition) is 4. The molecule has 2 unspecified atom stereocenters. The molecule has 2 aliphatic heterocycles. The highest BCUT2D eigenvalue weighted by molar-refractivity contribution is 5.96. The Morgan fingerprint density at radius 3 is 2.56 bits per heavy atom. The quantitative estimate of drug-likeness (QED) is 0.841. The van der Waals surface area contributed by atoms with Crippen molar-refractivity contribution in [2.24, 2.45) is 0 Å². The molecule has 1 fully saturated rings. The van der Waals surface area contributed by atoms with Gasteiger partial charge in [0.2, 0.25) is 5.43 Å². The van der Waals surface area contributed by atoms with Crippen molar-refractivity contribution in [2.75, 3.05) is 19.2 Å². The van der Waals surface area contributed by atoms with Crippen LogP contribution in [0.25, 0.3) is 0 Å². The van der Waals surface area contributed by atoms with Gasteiger partial charge in [-0.05, 0) is 24.8 Å². The molecule has 0 aliphatic carbocycles. The highest BCUT2D eigenvalue weighted by Gasteiger charge is 2.43. The molecular weight excluding hydrogens is 318 g/mol. The van der Waals surface area contributed by atoms with E-state index in [1.165, 1.54) is 18.7 Å². The van der Waals surface area contributed by atoms with Gasteiger partial charge in [0.1, 0.15) is 6.17 Å². The molecule has 4 rings (SSSR count). The van der Waals surface area contributed by atoms with Gasteiger partial charge in [-0.15, -0.1) is 0 Å². The summed E-state index contributed by atoms with van der Waals surface area (Å²) in [5.74, 6) is -0.0697. The summed E-state index contributed by atoms with van der Waals surface area (Å²) in [5.41, 5.74) is 1.23. The molecule has 2 aliphatic rings. The van der Waals surface area contributed by atoms with Crippen LogP contribution in [-0.4, -0.2) is 35.8 Å². The van der Waals surface area contributed by atoms with E-state index < -0.39 is 0 Å². The number of methoxy groups -OCH3 is 1. The van der Waals surface area contributed by atoms with Crippen LogP contribution in [0, 0.1) is 0 Å². The number of piperidine rings is 1. The van der Waals surface area contributed by atoms with Crippen molar-refractivity contribution in [3.8, 4) is 5.75 Å². The first-order valence-electron chi connectivity index (χ1n) is 8.54. The Balaban J connectivity index is 1.92. The fraction of sp³-hybridized carbons (Fsp3) is 0.368. The monoisotopic (exact) mass is 339 g/mol. The minimum atomic E-state index is -0.276. The Morgan fingerprint density at radius 2 is 1.84 bits per heavy atom. The molecule has 2 atom stereocenters. The summed E-state index contributed by atoms with van der Waals surface area (Å²) in [6.07, 6.45) is 4.60. The van der Waals surface area contributed by atoms with Crippen LogP contribution in [0.15, 0.2) is 47.4 Å². The van der Waals surface area contributed by atoms with Crippen LogP contribution in [0.5, 0.6) is 5.75 Å². The second-order valence-electron chi connectivity index (χ2n) is 6.54. The number of aromatic nitrogens is 1. The summed E-state index contributed by atoms with van der Waals surface area (Å²) in [6.45, 7) is 0. The molecule has 6 nitrogen and oxygen atoms in total. The lowest BCUT2D eigenvalue weighted by Gasteiger charge is -2.51. The van der Waals surface area contributed by atoms with Gasteiger partial charge in [-0.1, -0.05) is 30.3 Å². The first kappa shape index (κ1) is 15.7. The fourth-order valence-electron chi connectivity index (χ4n) is 4.02. The Labute approximate surface area is 146 Å². The fourth-order valence-corrected chi connectivity index (χ4v) is 4.02. The zero-order valence-corrected chi connectivity index (χ0v) is 14.4. The number of pyridine rings is 1. The third-order valence-electron chi connectivity index (χ3n) is 5.21. The van der Waals surface area contributed by atoms with Gasteiger partial charge >= 0.3 is 0 Å². The number of hydrogen-bond donors (Lipinski definition) is 0. The van der Waals surface area contributed by atoms with Crippen molar-refractivity contribution in [1.29, 1.82) is 0 Å². The minimum absolute atomic E-state index is 0.0360. The Hall–Kier alpha value is -2.76. The molecule has 0 saturated carbocycles.